The second-order valence-corrected chi connectivity index (χ2v) is 4.05. The van der Waals surface area contributed by atoms with Crippen molar-refractivity contribution in [1.82, 2.24) is 0 Å². The number of anilines is 1. The van der Waals surface area contributed by atoms with Gasteiger partial charge in [-0.05, 0) is 30.0 Å². The number of rotatable bonds is 2. The van der Waals surface area contributed by atoms with Gasteiger partial charge in [0, 0.05) is 0 Å². The maximum Gasteiger partial charge on any atom is 0.291 e. The lowest BCUT2D eigenvalue weighted by Gasteiger charge is -1.99. The van der Waals surface area contributed by atoms with E-state index in [9.17, 15) is 4.79 Å². The predicted molar refractivity (Wildman–Crippen MR) is 60.4 cm³/mol. The summed E-state index contributed by atoms with van der Waals surface area (Å²) in [6.07, 6.45) is 1.43. The van der Waals surface area contributed by atoms with Crippen LogP contribution in [0.3, 0.4) is 0 Å². The number of nitrogens with one attached hydrogen (secondary N) is 1. The monoisotopic (exact) mass is 232 g/mol. The maximum atomic E-state index is 11.6. The van der Waals surface area contributed by atoms with E-state index >= 15 is 0 Å². The van der Waals surface area contributed by atoms with Crippen LogP contribution >= 0.6 is 11.3 Å². The van der Waals surface area contributed by atoms with Gasteiger partial charge in [-0.25, -0.2) is 0 Å². The minimum atomic E-state index is -0.344. The number of hydrogen-bond acceptors (Lipinski definition) is 4. The number of hydrogen-bond donors (Lipinski definition) is 1. The molecule has 5 heteroatoms. The Morgan fingerprint density at radius 2 is 2.44 bits per heavy atom. The molecule has 2 aromatic heterocycles. The fraction of sp³-hybridized carbons (Fsp3) is 0.0909. The molecule has 2 heterocycles. The van der Waals surface area contributed by atoms with Crippen LogP contribution in [0.2, 0.25) is 0 Å². The third kappa shape index (κ3) is 1.83. The molecule has 1 N–H and O–H groups in total. The first-order valence-electron chi connectivity index (χ1n) is 4.55. The quantitative estimate of drug-likeness (QED) is 0.865. The zero-order valence-corrected chi connectivity index (χ0v) is 9.30. The predicted octanol–water partition coefficient (Wildman–Crippen LogP) is 2.77. The van der Waals surface area contributed by atoms with Crippen molar-refractivity contribution in [1.29, 1.82) is 5.26 Å². The van der Waals surface area contributed by atoms with Crippen molar-refractivity contribution >= 4 is 22.2 Å². The molecule has 0 unspecified atom stereocenters. The normalized spacial score (nSPS) is 9.75. The molecule has 0 fully saturated rings. The average Bonchev–Trinajstić information content (AvgIpc) is 2.88. The van der Waals surface area contributed by atoms with Gasteiger partial charge in [0.2, 0.25) is 0 Å². The summed E-state index contributed by atoms with van der Waals surface area (Å²) in [5, 5.41) is 13.9. The highest BCUT2D eigenvalue weighted by molar-refractivity contribution is 7.14. The Kier molecular flexibility index (Phi) is 2.75. The van der Waals surface area contributed by atoms with Crippen LogP contribution in [-0.4, -0.2) is 5.91 Å². The molecule has 0 aromatic carbocycles. The highest BCUT2D eigenvalue weighted by Crippen LogP contribution is 2.27. The van der Waals surface area contributed by atoms with Gasteiger partial charge in [0.05, 0.1) is 11.8 Å². The van der Waals surface area contributed by atoms with Crippen molar-refractivity contribution in [3.63, 3.8) is 0 Å². The number of carbonyl (C=O) groups excluding carboxylic acids is 1. The molecule has 0 aliphatic rings. The molecule has 2 rings (SSSR count). The van der Waals surface area contributed by atoms with Gasteiger partial charge in [-0.3, -0.25) is 4.79 Å². The fourth-order valence-corrected chi connectivity index (χ4v) is 2.14. The molecular weight excluding hydrogens is 224 g/mol. The SMILES string of the molecule is Cc1csc(NC(=O)c2ccco2)c1C#N. The van der Waals surface area contributed by atoms with Crippen LogP contribution < -0.4 is 5.32 Å². The van der Waals surface area contributed by atoms with Crippen LogP contribution in [0.25, 0.3) is 0 Å². The molecule has 0 aliphatic carbocycles. The molecule has 0 bridgehead atoms. The number of aryl methyl sites for hydroxylation is 1. The Labute approximate surface area is 96.1 Å². The van der Waals surface area contributed by atoms with E-state index in [1.165, 1.54) is 17.6 Å². The lowest BCUT2D eigenvalue weighted by molar-refractivity contribution is 0.0997. The van der Waals surface area contributed by atoms with Crippen LogP contribution in [0.1, 0.15) is 21.7 Å². The van der Waals surface area contributed by atoms with Crippen LogP contribution in [-0.2, 0) is 0 Å². The number of amides is 1. The zero-order chi connectivity index (χ0) is 11.5. The highest BCUT2D eigenvalue weighted by Gasteiger charge is 2.14. The standard InChI is InChI=1S/C11H8N2O2S/c1-7-6-16-11(8(7)5-12)13-10(14)9-3-2-4-15-9/h2-4,6H,1H3,(H,13,14). The highest BCUT2D eigenvalue weighted by atomic mass is 32.1. The van der Waals surface area contributed by atoms with Crippen LogP contribution in [0.4, 0.5) is 5.00 Å². The summed E-state index contributed by atoms with van der Waals surface area (Å²) in [6.45, 7) is 1.83. The van der Waals surface area contributed by atoms with E-state index in [0.717, 1.165) is 5.56 Å². The molecule has 0 atom stereocenters. The molecule has 0 saturated heterocycles. The van der Waals surface area contributed by atoms with E-state index in [2.05, 4.69) is 11.4 Å². The second kappa shape index (κ2) is 4.21. The average molecular weight is 232 g/mol. The number of thiophene rings is 1. The first-order valence-corrected chi connectivity index (χ1v) is 5.43. The summed E-state index contributed by atoms with van der Waals surface area (Å²) in [5.41, 5.74) is 1.37. The summed E-state index contributed by atoms with van der Waals surface area (Å²) in [7, 11) is 0. The molecule has 0 saturated carbocycles. The summed E-state index contributed by atoms with van der Waals surface area (Å²) in [6, 6.07) is 5.27. The Morgan fingerprint density at radius 3 is 3.06 bits per heavy atom. The topological polar surface area (TPSA) is 66.0 Å². The van der Waals surface area contributed by atoms with Crippen molar-refractivity contribution < 1.29 is 9.21 Å². The summed E-state index contributed by atoms with van der Waals surface area (Å²) in [4.78, 5) is 11.6. The van der Waals surface area contributed by atoms with E-state index in [1.807, 2.05) is 12.3 Å². The summed E-state index contributed by atoms with van der Waals surface area (Å²) < 4.78 is 4.96. The number of carbonyl (C=O) groups is 1. The molecule has 1 amide bonds. The van der Waals surface area contributed by atoms with E-state index in [4.69, 9.17) is 9.68 Å². The molecule has 0 spiro atoms. The van der Waals surface area contributed by atoms with Crippen LogP contribution in [0.15, 0.2) is 28.2 Å². The second-order valence-electron chi connectivity index (χ2n) is 3.17. The lowest BCUT2D eigenvalue weighted by atomic mass is 10.2. The largest absolute Gasteiger partial charge is 0.459 e. The van der Waals surface area contributed by atoms with Gasteiger partial charge in [0.1, 0.15) is 11.1 Å². The Morgan fingerprint density at radius 1 is 1.62 bits per heavy atom. The van der Waals surface area contributed by atoms with Crippen molar-refractivity contribution in [3.05, 3.63) is 40.7 Å². The first kappa shape index (κ1) is 10.5. The fourth-order valence-electron chi connectivity index (χ4n) is 1.25. The molecular formula is C11H8N2O2S. The Hall–Kier alpha value is -2.06. The van der Waals surface area contributed by atoms with E-state index in [1.54, 1.807) is 12.1 Å². The number of furan rings is 1. The smallest absolute Gasteiger partial charge is 0.291 e. The van der Waals surface area contributed by atoms with Gasteiger partial charge < -0.3 is 9.73 Å². The molecule has 4 nitrogen and oxygen atoms in total. The van der Waals surface area contributed by atoms with Gasteiger partial charge in [-0.1, -0.05) is 0 Å². The van der Waals surface area contributed by atoms with Gasteiger partial charge in [-0.15, -0.1) is 11.3 Å². The molecule has 2 aromatic rings. The molecule has 0 radical (unpaired) electrons. The molecule has 0 aliphatic heterocycles. The first-order chi connectivity index (χ1) is 7.72. The molecule has 16 heavy (non-hydrogen) atoms. The van der Waals surface area contributed by atoms with Crippen molar-refractivity contribution in [2.75, 3.05) is 5.32 Å². The van der Waals surface area contributed by atoms with Crippen molar-refractivity contribution in [3.8, 4) is 6.07 Å². The minimum Gasteiger partial charge on any atom is -0.459 e. The summed E-state index contributed by atoms with van der Waals surface area (Å²) >= 11 is 1.33. The third-order valence-corrected chi connectivity index (χ3v) is 3.07. The number of nitriles is 1. The van der Waals surface area contributed by atoms with Gasteiger partial charge >= 0.3 is 0 Å². The van der Waals surface area contributed by atoms with E-state index in [0.29, 0.717) is 10.6 Å². The molecule has 80 valence electrons. The van der Waals surface area contributed by atoms with Gasteiger partial charge in [0.25, 0.3) is 5.91 Å². The van der Waals surface area contributed by atoms with Crippen molar-refractivity contribution in [2.45, 2.75) is 6.92 Å². The summed E-state index contributed by atoms with van der Waals surface area (Å²) in [5.74, 6) is -0.113. The lowest BCUT2D eigenvalue weighted by Crippen LogP contribution is -2.10. The van der Waals surface area contributed by atoms with Crippen LogP contribution in [0, 0.1) is 18.3 Å². The van der Waals surface area contributed by atoms with Gasteiger partial charge in [-0.2, -0.15) is 5.26 Å². The number of nitrogens with zero attached hydrogens (tertiary/aromatic N) is 1. The minimum absolute atomic E-state index is 0.231. The maximum absolute atomic E-state index is 11.6. The zero-order valence-electron chi connectivity index (χ0n) is 8.48. The van der Waals surface area contributed by atoms with Gasteiger partial charge in [0.15, 0.2) is 5.76 Å². The van der Waals surface area contributed by atoms with Crippen LogP contribution in [0.5, 0.6) is 0 Å². The van der Waals surface area contributed by atoms with Crippen molar-refractivity contribution in [2.24, 2.45) is 0 Å². The third-order valence-electron chi connectivity index (χ3n) is 2.06. The van der Waals surface area contributed by atoms with E-state index in [-0.39, 0.29) is 11.7 Å². The Balaban J connectivity index is 2.22. The van der Waals surface area contributed by atoms with E-state index < -0.39 is 0 Å². The Bertz CT molecular complexity index is 549.